The van der Waals surface area contributed by atoms with Gasteiger partial charge in [-0.3, -0.25) is 4.79 Å². The van der Waals surface area contributed by atoms with E-state index in [2.05, 4.69) is 29.8 Å². The molecular weight excluding hydrogens is 304 g/mol. The maximum absolute atomic E-state index is 12.5. The first kappa shape index (κ1) is 16.0. The number of hydrogen-bond acceptors (Lipinski definition) is 3. The zero-order valence-corrected chi connectivity index (χ0v) is 13.8. The van der Waals surface area contributed by atoms with E-state index in [0.717, 1.165) is 18.7 Å². The number of rotatable bonds is 3. The van der Waals surface area contributed by atoms with Crippen LogP contribution in [-0.4, -0.2) is 17.9 Å². The van der Waals surface area contributed by atoms with Gasteiger partial charge in [0, 0.05) is 30.6 Å². The number of carbonyl (C=O) groups is 1. The van der Waals surface area contributed by atoms with Crippen molar-refractivity contribution in [1.82, 2.24) is 10.2 Å². The average Bonchev–Trinajstić information content (AvgIpc) is 3.06. The van der Waals surface area contributed by atoms with Crippen LogP contribution in [0.3, 0.4) is 0 Å². The van der Waals surface area contributed by atoms with Gasteiger partial charge in [0.25, 0.3) is 5.91 Å². The molecule has 1 aromatic heterocycles. The van der Waals surface area contributed by atoms with Crippen molar-refractivity contribution >= 4 is 29.7 Å². The van der Waals surface area contributed by atoms with Crippen molar-refractivity contribution < 1.29 is 4.79 Å². The Hall–Kier alpha value is -1.36. The molecule has 1 amide bonds. The third-order valence-corrected chi connectivity index (χ3v) is 4.79. The Balaban J connectivity index is 0.00000161. The molecule has 0 aliphatic carbocycles. The van der Waals surface area contributed by atoms with Gasteiger partial charge in [-0.1, -0.05) is 6.07 Å². The van der Waals surface area contributed by atoms with Gasteiger partial charge in [-0.05, 0) is 47.2 Å². The van der Waals surface area contributed by atoms with Gasteiger partial charge in [0.15, 0.2) is 0 Å². The minimum Gasteiger partial charge on any atom is -0.337 e. The number of benzene rings is 1. The zero-order valence-electron chi connectivity index (χ0n) is 12.2. The summed E-state index contributed by atoms with van der Waals surface area (Å²) in [6, 6.07) is 8.12. The predicted molar refractivity (Wildman–Crippen MR) is 89.1 cm³/mol. The molecule has 2 aromatic rings. The van der Waals surface area contributed by atoms with Crippen molar-refractivity contribution in [2.75, 3.05) is 7.05 Å². The number of aryl methyl sites for hydroxylation is 1. The van der Waals surface area contributed by atoms with Crippen LogP contribution in [0.5, 0.6) is 0 Å². The summed E-state index contributed by atoms with van der Waals surface area (Å²) in [5, 5.41) is 5.38. The van der Waals surface area contributed by atoms with Gasteiger partial charge in [-0.25, -0.2) is 0 Å². The third kappa shape index (κ3) is 3.28. The second-order valence-corrected chi connectivity index (χ2v) is 6.28. The summed E-state index contributed by atoms with van der Waals surface area (Å²) in [5.74, 6) is 0.0903. The molecule has 0 bridgehead atoms. The molecule has 5 heteroatoms. The van der Waals surface area contributed by atoms with Gasteiger partial charge in [-0.2, -0.15) is 0 Å². The molecule has 0 unspecified atom stereocenters. The molecule has 3 nitrogen and oxygen atoms in total. The van der Waals surface area contributed by atoms with Crippen LogP contribution in [-0.2, 0) is 19.6 Å². The van der Waals surface area contributed by atoms with Crippen LogP contribution in [0.15, 0.2) is 29.6 Å². The van der Waals surface area contributed by atoms with E-state index < -0.39 is 0 Å². The van der Waals surface area contributed by atoms with Gasteiger partial charge >= 0.3 is 0 Å². The lowest BCUT2D eigenvalue weighted by molar-refractivity contribution is 0.0786. The quantitative estimate of drug-likeness (QED) is 0.940. The number of carbonyl (C=O) groups excluding carboxylic acids is 1. The van der Waals surface area contributed by atoms with Crippen LogP contribution in [0.4, 0.5) is 0 Å². The fourth-order valence-corrected chi connectivity index (χ4v) is 3.46. The van der Waals surface area contributed by atoms with Crippen LogP contribution in [0.25, 0.3) is 0 Å². The van der Waals surface area contributed by atoms with E-state index in [0.29, 0.717) is 6.54 Å². The van der Waals surface area contributed by atoms with E-state index in [1.165, 1.54) is 21.6 Å². The zero-order chi connectivity index (χ0) is 14.1. The summed E-state index contributed by atoms with van der Waals surface area (Å²) in [7, 11) is 1.87. The fraction of sp³-hybridized carbons (Fsp3) is 0.312. The van der Waals surface area contributed by atoms with E-state index in [1.54, 1.807) is 16.2 Å². The molecule has 0 atom stereocenters. The minimum atomic E-state index is 0. The number of thiophene rings is 1. The predicted octanol–water partition coefficient (Wildman–Crippen LogP) is 3.35. The highest BCUT2D eigenvalue weighted by Crippen LogP contribution is 2.20. The highest BCUT2D eigenvalue weighted by molar-refractivity contribution is 7.10. The van der Waals surface area contributed by atoms with Gasteiger partial charge in [0.1, 0.15) is 0 Å². The van der Waals surface area contributed by atoms with Gasteiger partial charge in [-0.15, -0.1) is 23.7 Å². The van der Waals surface area contributed by atoms with Crippen LogP contribution in [0.2, 0.25) is 0 Å². The Morgan fingerprint density at radius 2 is 2.05 bits per heavy atom. The van der Waals surface area contributed by atoms with Crippen molar-refractivity contribution in [1.29, 1.82) is 0 Å². The smallest absolute Gasteiger partial charge is 0.253 e. The fourth-order valence-electron chi connectivity index (χ4n) is 2.50. The summed E-state index contributed by atoms with van der Waals surface area (Å²) in [4.78, 5) is 15.5. The van der Waals surface area contributed by atoms with Gasteiger partial charge < -0.3 is 10.2 Å². The van der Waals surface area contributed by atoms with Crippen molar-refractivity contribution in [2.24, 2.45) is 0 Å². The Morgan fingerprint density at radius 1 is 1.29 bits per heavy atom. The molecule has 0 saturated heterocycles. The standard InChI is InChI=1S/C16H18N2OS.ClH/c1-11-5-6-20-15(11)10-18(2)16(19)12-3-4-13-8-17-9-14(13)7-12;/h3-7,17H,8-10H2,1-2H3;1H. The molecule has 1 aromatic carbocycles. The molecule has 1 N–H and O–H groups in total. The molecule has 0 radical (unpaired) electrons. The van der Waals surface area contributed by atoms with Crippen molar-refractivity contribution in [2.45, 2.75) is 26.6 Å². The summed E-state index contributed by atoms with van der Waals surface area (Å²) < 4.78 is 0. The SMILES string of the molecule is Cc1ccsc1CN(C)C(=O)c1ccc2c(c1)CNC2.Cl. The molecule has 112 valence electrons. The van der Waals surface area contributed by atoms with E-state index in [9.17, 15) is 4.79 Å². The van der Waals surface area contributed by atoms with Crippen molar-refractivity contribution in [3.63, 3.8) is 0 Å². The third-order valence-electron chi connectivity index (χ3n) is 3.78. The molecule has 1 aliphatic heterocycles. The van der Waals surface area contributed by atoms with E-state index in [1.807, 2.05) is 19.2 Å². The molecule has 21 heavy (non-hydrogen) atoms. The average molecular weight is 323 g/mol. The highest BCUT2D eigenvalue weighted by atomic mass is 35.5. The number of halogens is 1. The highest BCUT2D eigenvalue weighted by Gasteiger charge is 2.17. The summed E-state index contributed by atoms with van der Waals surface area (Å²) in [6.07, 6.45) is 0. The Kier molecular flexibility index (Phi) is 5.04. The molecule has 2 heterocycles. The number of nitrogens with zero attached hydrogens (tertiary/aromatic N) is 1. The van der Waals surface area contributed by atoms with E-state index in [4.69, 9.17) is 0 Å². The second-order valence-electron chi connectivity index (χ2n) is 5.28. The normalized spacial score (nSPS) is 12.7. The first-order chi connectivity index (χ1) is 9.65. The largest absolute Gasteiger partial charge is 0.337 e. The first-order valence-electron chi connectivity index (χ1n) is 6.76. The number of fused-ring (bicyclic) bond motifs is 1. The molecule has 0 spiro atoms. The Morgan fingerprint density at radius 3 is 2.76 bits per heavy atom. The molecule has 1 aliphatic rings. The van der Waals surface area contributed by atoms with Crippen molar-refractivity contribution in [3.05, 3.63) is 56.8 Å². The van der Waals surface area contributed by atoms with Gasteiger partial charge in [0.2, 0.25) is 0 Å². The summed E-state index contributed by atoms with van der Waals surface area (Å²) >= 11 is 1.71. The summed E-state index contributed by atoms with van der Waals surface area (Å²) in [5.41, 5.74) is 4.59. The Bertz CT molecular complexity index is 653. The topological polar surface area (TPSA) is 32.3 Å². The number of hydrogen-bond donors (Lipinski definition) is 1. The lowest BCUT2D eigenvalue weighted by Crippen LogP contribution is -2.26. The maximum Gasteiger partial charge on any atom is 0.253 e. The second kappa shape index (κ2) is 6.60. The van der Waals surface area contributed by atoms with Crippen LogP contribution in [0, 0.1) is 6.92 Å². The molecule has 0 fully saturated rings. The first-order valence-corrected chi connectivity index (χ1v) is 7.64. The minimum absolute atomic E-state index is 0. The molecule has 3 rings (SSSR count). The lowest BCUT2D eigenvalue weighted by atomic mass is 10.1. The van der Waals surface area contributed by atoms with Gasteiger partial charge in [0.05, 0.1) is 6.54 Å². The van der Waals surface area contributed by atoms with Crippen LogP contribution in [0.1, 0.15) is 31.9 Å². The van der Waals surface area contributed by atoms with Crippen LogP contribution >= 0.6 is 23.7 Å². The summed E-state index contributed by atoms with van der Waals surface area (Å²) in [6.45, 7) is 4.54. The monoisotopic (exact) mass is 322 g/mol. The van der Waals surface area contributed by atoms with Crippen molar-refractivity contribution in [3.8, 4) is 0 Å². The van der Waals surface area contributed by atoms with E-state index in [-0.39, 0.29) is 18.3 Å². The van der Waals surface area contributed by atoms with E-state index >= 15 is 0 Å². The molecule has 0 saturated carbocycles. The number of nitrogens with one attached hydrogen (secondary N) is 1. The van der Waals surface area contributed by atoms with Crippen LogP contribution < -0.4 is 5.32 Å². The lowest BCUT2D eigenvalue weighted by Gasteiger charge is -2.17. The maximum atomic E-state index is 12.5. The number of amides is 1. The Labute approximate surface area is 135 Å². The molecular formula is C16H19ClN2OS.